The molecule has 0 aliphatic carbocycles. The first kappa shape index (κ1) is 13.4. The van der Waals surface area contributed by atoms with Crippen LogP contribution in [0.2, 0.25) is 0 Å². The van der Waals surface area contributed by atoms with Crippen molar-refractivity contribution in [1.82, 2.24) is 4.90 Å². The Labute approximate surface area is 107 Å². The van der Waals surface area contributed by atoms with Crippen molar-refractivity contribution in [2.45, 2.75) is 32.4 Å². The molecule has 0 amide bonds. The zero-order chi connectivity index (χ0) is 13.3. The maximum absolute atomic E-state index is 13.7. The Balaban J connectivity index is 2.13. The summed E-state index contributed by atoms with van der Waals surface area (Å²) in [5.74, 6) is -0.506. The van der Waals surface area contributed by atoms with Gasteiger partial charge in [-0.1, -0.05) is 13.0 Å². The molecular formula is C14H20F2N2. The summed E-state index contributed by atoms with van der Waals surface area (Å²) in [6.45, 7) is 5.76. The van der Waals surface area contributed by atoms with Gasteiger partial charge in [-0.2, -0.15) is 0 Å². The molecule has 1 saturated heterocycles. The summed E-state index contributed by atoms with van der Waals surface area (Å²) in [6.07, 6.45) is 1.02. The number of nitrogens with two attached hydrogens (primary N) is 1. The van der Waals surface area contributed by atoms with E-state index in [1.54, 1.807) is 0 Å². The van der Waals surface area contributed by atoms with E-state index >= 15 is 0 Å². The van der Waals surface area contributed by atoms with Crippen molar-refractivity contribution in [2.75, 3.05) is 13.1 Å². The second-order valence-corrected chi connectivity index (χ2v) is 5.27. The van der Waals surface area contributed by atoms with Gasteiger partial charge >= 0.3 is 0 Å². The van der Waals surface area contributed by atoms with E-state index in [2.05, 4.69) is 11.8 Å². The number of likely N-dealkylation sites (tertiary alicyclic amines) is 1. The van der Waals surface area contributed by atoms with Gasteiger partial charge in [-0.3, -0.25) is 4.90 Å². The van der Waals surface area contributed by atoms with Crippen LogP contribution in [0.5, 0.6) is 0 Å². The van der Waals surface area contributed by atoms with Crippen LogP contribution in [0.25, 0.3) is 0 Å². The zero-order valence-corrected chi connectivity index (χ0v) is 10.9. The van der Waals surface area contributed by atoms with Gasteiger partial charge in [0.25, 0.3) is 0 Å². The fraction of sp³-hybridized carbons (Fsp3) is 0.571. The number of rotatable bonds is 2. The Morgan fingerprint density at radius 2 is 2.11 bits per heavy atom. The van der Waals surface area contributed by atoms with Gasteiger partial charge in [0.05, 0.1) is 0 Å². The maximum Gasteiger partial charge on any atom is 0.130 e. The van der Waals surface area contributed by atoms with Crippen LogP contribution in [0.3, 0.4) is 0 Å². The highest BCUT2D eigenvalue weighted by atomic mass is 19.1. The molecule has 100 valence electrons. The minimum Gasteiger partial charge on any atom is -0.326 e. The highest BCUT2D eigenvalue weighted by Crippen LogP contribution is 2.27. The van der Waals surface area contributed by atoms with Gasteiger partial charge in [-0.05, 0) is 31.9 Å². The average molecular weight is 254 g/mol. The van der Waals surface area contributed by atoms with Crippen LogP contribution in [-0.4, -0.2) is 24.0 Å². The van der Waals surface area contributed by atoms with Crippen molar-refractivity contribution < 1.29 is 8.78 Å². The molecule has 4 heteroatoms. The van der Waals surface area contributed by atoms with E-state index in [9.17, 15) is 8.78 Å². The van der Waals surface area contributed by atoms with Crippen LogP contribution in [0.15, 0.2) is 18.2 Å². The molecule has 1 aliphatic heterocycles. The Kier molecular flexibility index (Phi) is 3.97. The predicted octanol–water partition coefficient (Wildman–Crippen LogP) is 2.69. The second kappa shape index (κ2) is 5.33. The SMILES string of the molecule is CC1CCN(C(C)c2ccc(F)cc2F)CC1N. The van der Waals surface area contributed by atoms with Gasteiger partial charge in [0.1, 0.15) is 11.6 Å². The van der Waals surface area contributed by atoms with Crippen molar-refractivity contribution >= 4 is 0 Å². The monoisotopic (exact) mass is 254 g/mol. The Morgan fingerprint density at radius 1 is 1.39 bits per heavy atom. The lowest BCUT2D eigenvalue weighted by Crippen LogP contribution is -2.48. The van der Waals surface area contributed by atoms with Crippen LogP contribution in [-0.2, 0) is 0 Å². The van der Waals surface area contributed by atoms with Crippen molar-refractivity contribution in [1.29, 1.82) is 0 Å². The standard InChI is InChI=1S/C14H20F2N2/c1-9-5-6-18(8-14(9)17)10(2)12-4-3-11(15)7-13(12)16/h3-4,7,9-10,14H,5-6,8,17H2,1-2H3. The third kappa shape index (κ3) is 2.70. The summed E-state index contributed by atoms with van der Waals surface area (Å²) in [5, 5.41) is 0. The molecule has 0 radical (unpaired) electrons. The fourth-order valence-corrected chi connectivity index (χ4v) is 2.51. The quantitative estimate of drug-likeness (QED) is 0.879. The lowest BCUT2D eigenvalue weighted by Gasteiger charge is -2.38. The van der Waals surface area contributed by atoms with E-state index in [0.29, 0.717) is 11.5 Å². The van der Waals surface area contributed by atoms with Crippen LogP contribution in [0, 0.1) is 17.6 Å². The zero-order valence-electron chi connectivity index (χ0n) is 10.9. The van der Waals surface area contributed by atoms with E-state index in [4.69, 9.17) is 5.73 Å². The van der Waals surface area contributed by atoms with Crippen LogP contribution in [0.4, 0.5) is 8.78 Å². The second-order valence-electron chi connectivity index (χ2n) is 5.27. The van der Waals surface area contributed by atoms with Gasteiger partial charge in [0, 0.05) is 30.3 Å². The van der Waals surface area contributed by atoms with Crippen molar-refractivity contribution in [3.05, 3.63) is 35.4 Å². The van der Waals surface area contributed by atoms with Crippen molar-refractivity contribution in [2.24, 2.45) is 11.7 Å². The molecule has 0 bridgehead atoms. The predicted molar refractivity (Wildman–Crippen MR) is 68.1 cm³/mol. The molecule has 1 aromatic rings. The minimum absolute atomic E-state index is 0.0656. The summed E-state index contributed by atoms with van der Waals surface area (Å²) in [6, 6.07) is 3.84. The molecule has 1 heterocycles. The van der Waals surface area contributed by atoms with Gasteiger partial charge in [-0.25, -0.2) is 8.78 Å². The van der Waals surface area contributed by atoms with Crippen LogP contribution >= 0.6 is 0 Å². The number of nitrogens with zero attached hydrogens (tertiary/aromatic N) is 1. The first-order chi connectivity index (χ1) is 8.49. The highest BCUT2D eigenvalue weighted by molar-refractivity contribution is 5.22. The number of benzene rings is 1. The maximum atomic E-state index is 13.7. The summed E-state index contributed by atoms with van der Waals surface area (Å²) in [7, 11) is 0. The first-order valence-electron chi connectivity index (χ1n) is 6.43. The summed E-state index contributed by atoms with van der Waals surface area (Å²) in [5.41, 5.74) is 6.59. The lowest BCUT2D eigenvalue weighted by molar-refractivity contribution is 0.126. The molecule has 3 atom stereocenters. The van der Waals surface area contributed by atoms with Crippen LogP contribution in [0.1, 0.15) is 31.9 Å². The largest absolute Gasteiger partial charge is 0.326 e. The van der Waals surface area contributed by atoms with E-state index in [-0.39, 0.29) is 12.1 Å². The summed E-state index contributed by atoms with van der Waals surface area (Å²) >= 11 is 0. The normalized spacial score (nSPS) is 27.2. The van der Waals surface area contributed by atoms with E-state index in [0.717, 1.165) is 25.6 Å². The number of halogens is 2. The third-order valence-electron chi connectivity index (χ3n) is 4.01. The number of piperidine rings is 1. The molecule has 2 nitrogen and oxygen atoms in total. The Hall–Kier alpha value is -1.00. The lowest BCUT2D eigenvalue weighted by atomic mass is 9.92. The molecule has 0 spiro atoms. The molecule has 2 rings (SSSR count). The summed E-state index contributed by atoms with van der Waals surface area (Å²) < 4.78 is 26.6. The Bertz CT molecular complexity index is 422. The molecule has 2 N–H and O–H groups in total. The molecular weight excluding hydrogens is 234 g/mol. The molecule has 1 aliphatic rings. The van der Waals surface area contributed by atoms with Gasteiger partial charge in [0.2, 0.25) is 0 Å². The molecule has 0 aromatic heterocycles. The highest BCUT2D eigenvalue weighted by Gasteiger charge is 2.27. The molecule has 18 heavy (non-hydrogen) atoms. The average Bonchev–Trinajstić information content (AvgIpc) is 2.32. The smallest absolute Gasteiger partial charge is 0.130 e. The summed E-state index contributed by atoms with van der Waals surface area (Å²) in [4.78, 5) is 2.17. The number of hydrogen-bond acceptors (Lipinski definition) is 2. The molecule has 1 aromatic carbocycles. The topological polar surface area (TPSA) is 29.3 Å². The molecule has 3 unspecified atom stereocenters. The van der Waals surface area contributed by atoms with E-state index in [1.807, 2.05) is 6.92 Å². The van der Waals surface area contributed by atoms with E-state index < -0.39 is 11.6 Å². The number of hydrogen-bond donors (Lipinski definition) is 1. The van der Waals surface area contributed by atoms with Crippen molar-refractivity contribution in [3.63, 3.8) is 0 Å². The fourth-order valence-electron chi connectivity index (χ4n) is 2.51. The van der Waals surface area contributed by atoms with Gasteiger partial charge in [-0.15, -0.1) is 0 Å². The van der Waals surface area contributed by atoms with Crippen molar-refractivity contribution in [3.8, 4) is 0 Å². The molecule has 0 saturated carbocycles. The van der Waals surface area contributed by atoms with E-state index in [1.165, 1.54) is 12.1 Å². The first-order valence-corrected chi connectivity index (χ1v) is 6.43. The third-order valence-corrected chi connectivity index (χ3v) is 4.01. The van der Waals surface area contributed by atoms with Gasteiger partial charge < -0.3 is 5.73 Å². The Morgan fingerprint density at radius 3 is 2.72 bits per heavy atom. The molecule has 1 fully saturated rings. The van der Waals surface area contributed by atoms with Crippen LogP contribution < -0.4 is 5.73 Å². The van der Waals surface area contributed by atoms with Gasteiger partial charge in [0.15, 0.2) is 0 Å². The minimum atomic E-state index is -0.535.